The standard InChI is InChI=1S/C21H21ClN2O4/c1-14(25)17-9-8-16(22)12-18(17)23-10-11-24(19(26)13-23)21(2,20(27)28)15-6-4-3-5-7-15/h3-9,12H,10-11,13H2,1-2H3,(H,27,28). The van der Waals surface area contributed by atoms with Crippen molar-refractivity contribution in [1.29, 1.82) is 0 Å². The van der Waals surface area contributed by atoms with Crippen LogP contribution in [-0.2, 0) is 15.1 Å². The minimum absolute atomic E-state index is 0.0314. The zero-order chi connectivity index (χ0) is 20.5. The second-order valence-electron chi connectivity index (χ2n) is 6.93. The number of carboxylic acids is 1. The van der Waals surface area contributed by atoms with E-state index in [0.717, 1.165) is 0 Å². The average Bonchev–Trinajstić information content (AvgIpc) is 2.67. The Hall–Kier alpha value is -2.86. The summed E-state index contributed by atoms with van der Waals surface area (Å²) in [5.41, 5.74) is 0.137. The molecule has 1 unspecified atom stereocenters. The molecule has 28 heavy (non-hydrogen) atoms. The number of halogens is 1. The Morgan fingerprint density at radius 2 is 1.79 bits per heavy atom. The number of hydrogen-bond donors (Lipinski definition) is 1. The molecule has 1 amide bonds. The lowest BCUT2D eigenvalue weighted by molar-refractivity contribution is -0.159. The van der Waals surface area contributed by atoms with Crippen LogP contribution in [0, 0.1) is 0 Å². The fourth-order valence-corrected chi connectivity index (χ4v) is 3.74. The summed E-state index contributed by atoms with van der Waals surface area (Å²) in [6.45, 7) is 3.57. The SMILES string of the molecule is CC(=O)c1ccc(Cl)cc1N1CCN(C(C)(C(=O)O)c2ccccc2)C(=O)C1. The molecule has 0 aromatic heterocycles. The summed E-state index contributed by atoms with van der Waals surface area (Å²) in [5.74, 6) is -1.54. The van der Waals surface area contributed by atoms with Crippen LogP contribution < -0.4 is 4.90 Å². The second kappa shape index (κ2) is 7.64. The number of rotatable bonds is 5. The van der Waals surface area contributed by atoms with E-state index < -0.39 is 11.5 Å². The number of hydrogen-bond acceptors (Lipinski definition) is 4. The lowest BCUT2D eigenvalue weighted by Gasteiger charge is -2.44. The van der Waals surface area contributed by atoms with E-state index in [1.807, 2.05) is 0 Å². The van der Waals surface area contributed by atoms with Crippen LogP contribution in [0.4, 0.5) is 5.69 Å². The zero-order valence-electron chi connectivity index (χ0n) is 15.7. The van der Waals surface area contributed by atoms with E-state index in [4.69, 9.17) is 11.6 Å². The van der Waals surface area contributed by atoms with Crippen molar-refractivity contribution in [3.63, 3.8) is 0 Å². The van der Waals surface area contributed by atoms with Crippen LogP contribution in [0.5, 0.6) is 0 Å². The molecule has 6 nitrogen and oxygen atoms in total. The number of Topliss-reactive ketones (excluding diaryl/α,β-unsaturated/α-hetero) is 1. The van der Waals surface area contributed by atoms with Gasteiger partial charge in [-0.25, -0.2) is 4.79 Å². The van der Waals surface area contributed by atoms with Gasteiger partial charge >= 0.3 is 5.97 Å². The highest BCUT2D eigenvalue weighted by molar-refractivity contribution is 6.31. The quantitative estimate of drug-likeness (QED) is 0.780. The van der Waals surface area contributed by atoms with Gasteiger partial charge in [-0.3, -0.25) is 9.59 Å². The van der Waals surface area contributed by atoms with Gasteiger partial charge in [-0.2, -0.15) is 0 Å². The molecule has 1 heterocycles. The van der Waals surface area contributed by atoms with Gasteiger partial charge in [-0.05, 0) is 37.6 Å². The molecule has 0 spiro atoms. The van der Waals surface area contributed by atoms with E-state index in [-0.39, 0.29) is 24.8 Å². The third-order valence-corrected chi connectivity index (χ3v) is 5.43. The van der Waals surface area contributed by atoms with Gasteiger partial charge in [0.25, 0.3) is 0 Å². The predicted octanol–water partition coefficient (Wildman–Crippen LogP) is 3.19. The van der Waals surface area contributed by atoms with Crippen LogP contribution in [0.1, 0.15) is 29.8 Å². The van der Waals surface area contributed by atoms with Crippen molar-refractivity contribution in [2.45, 2.75) is 19.4 Å². The molecule has 1 saturated heterocycles. The Bertz CT molecular complexity index is 931. The Balaban J connectivity index is 1.92. The number of benzene rings is 2. The smallest absolute Gasteiger partial charge is 0.334 e. The number of carbonyl (C=O) groups is 3. The predicted molar refractivity (Wildman–Crippen MR) is 107 cm³/mol. The van der Waals surface area contributed by atoms with Crippen molar-refractivity contribution in [3.05, 3.63) is 64.7 Å². The molecule has 1 atom stereocenters. The molecule has 2 aromatic carbocycles. The Kier molecular flexibility index (Phi) is 5.42. The fourth-order valence-electron chi connectivity index (χ4n) is 3.57. The number of carboxylic acid groups (broad SMARTS) is 1. The first-order valence-corrected chi connectivity index (χ1v) is 9.27. The maximum absolute atomic E-state index is 13.0. The summed E-state index contributed by atoms with van der Waals surface area (Å²) in [5, 5.41) is 10.4. The van der Waals surface area contributed by atoms with Crippen LogP contribution in [0.25, 0.3) is 0 Å². The number of amides is 1. The molecule has 1 fully saturated rings. The molecule has 0 aliphatic carbocycles. The molecule has 146 valence electrons. The maximum atomic E-state index is 13.0. The van der Waals surface area contributed by atoms with Gasteiger partial charge in [0.15, 0.2) is 11.3 Å². The molecule has 2 aromatic rings. The molecule has 0 bridgehead atoms. The monoisotopic (exact) mass is 400 g/mol. The fraction of sp³-hybridized carbons (Fsp3) is 0.286. The minimum Gasteiger partial charge on any atom is -0.479 e. The molecule has 1 aliphatic rings. The molecule has 1 N–H and O–H groups in total. The topological polar surface area (TPSA) is 77.9 Å². The van der Waals surface area contributed by atoms with Gasteiger partial charge in [-0.1, -0.05) is 41.9 Å². The first-order valence-electron chi connectivity index (χ1n) is 8.90. The molecule has 7 heteroatoms. The van der Waals surface area contributed by atoms with E-state index in [0.29, 0.717) is 28.4 Å². The van der Waals surface area contributed by atoms with Crippen molar-refractivity contribution < 1.29 is 19.5 Å². The van der Waals surface area contributed by atoms with Gasteiger partial charge < -0.3 is 14.9 Å². The number of aliphatic carboxylic acids is 1. The Morgan fingerprint density at radius 3 is 2.36 bits per heavy atom. The van der Waals surface area contributed by atoms with E-state index in [1.165, 1.54) is 11.8 Å². The molecule has 0 radical (unpaired) electrons. The van der Waals surface area contributed by atoms with Crippen LogP contribution in [0.3, 0.4) is 0 Å². The summed E-state index contributed by atoms with van der Waals surface area (Å²) >= 11 is 6.09. The number of nitrogens with zero attached hydrogens (tertiary/aromatic N) is 2. The van der Waals surface area contributed by atoms with Crippen molar-refractivity contribution >= 4 is 34.9 Å². The lowest BCUT2D eigenvalue weighted by Crippen LogP contribution is -2.60. The van der Waals surface area contributed by atoms with Crippen molar-refractivity contribution in [2.24, 2.45) is 0 Å². The largest absolute Gasteiger partial charge is 0.479 e. The zero-order valence-corrected chi connectivity index (χ0v) is 16.4. The highest BCUT2D eigenvalue weighted by Crippen LogP contribution is 2.33. The van der Waals surface area contributed by atoms with E-state index in [1.54, 1.807) is 60.4 Å². The third kappa shape index (κ3) is 3.47. The third-order valence-electron chi connectivity index (χ3n) is 5.19. The summed E-state index contributed by atoms with van der Waals surface area (Å²) in [6.07, 6.45) is 0. The number of anilines is 1. The van der Waals surface area contributed by atoms with Crippen LogP contribution in [0.15, 0.2) is 48.5 Å². The highest BCUT2D eigenvalue weighted by Gasteiger charge is 2.45. The number of ketones is 1. The van der Waals surface area contributed by atoms with Crippen molar-refractivity contribution in [2.75, 3.05) is 24.5 Å². The van der Waals surface area contributed by atoms with E-state index >= 15 is 0 Å². The lowest BCUT2D eigenvalue weighted by atomic mass is 9.89. The average molecular weight is 401 g/mol. The molecular formula is C21H21ClN2O4. The van der Waals surface area contributed by atoms with E-state index in [9.17, 15) is 19.5 Å². The van der Waals surface area contributed by atoms with Gasteiger partial charge in [0.05, 0.1) is 6.54 Å². The first-order chi connectivity index (χ1) is 13.2. The highest BCUT2D eigenvalue weighted by atomic mass is 35.5. The number of piperazine rings is 1. The Labute approximate surface area is 168 Å². The Morgan fingerprint density at radius 1 is 1.11 bits per heavy atom. The summed E-state index contributed by atoms with van der Waals surface area (Å²) < 4.78 is 0. The van der Waals surface area contributed by atoms with Crippen molar-refractivity contribution in [3.8, 4) is 0 Å². The summed E-state index contributed by atoms with van der Waals surface area (Å²) in [7, 11) is 0. The molecular weight excluding hydrogens is 380 g/mol. The van der Waals surface area contributed by atoms with Gasteiger partial charge in [-0.15, -0.1) is 0 Å². The van der Waals surface area contributed by atoms with Gasteiger partial charge in [0.2, 0.25) is 5.91 Å². The van der Waals surface area contributed by atoms with Crippen LogP contribution in [0.2, 0.25) is 5.02 Å². The minimum atomic E-state index is -1.47. The number of carbonyl (C=O) groups excluding carboxylic acids is 2. The molecule has 3 rings (SSSR count). The van der Waals surface area contributed by atoms with E-state index in [2.05, 4.69) is 0 Å². The summed E-state index contributed by atoms with van der Waals surface area (Å²) in [6, 6.07) is 13.7. The molecule has 0 saturated carbocycles. The van der Waals surface area contributed by atoms with Gasteiger partial charge in [0, 0.05) is 29.4 Å². The summed E-state index contributed by atoms with van der Waals surface area (Å²) in [4.78, 5) is 40.2. The van der Waals surface area contributed by atoms with Crippen molar-refractivity contribution in [1.82, 2.24) is 4.90 Å². The normalized spacial score (nSPS) is 16.6. The molecule has 1 aliphatic heterocycles. The van der Waals surface area contributed by atoms with Crippen LogP contribution in [-0.4, -0.2) is 47.3 Å². The second-order valence-corrected chi connectivity index (χ2v) is 7.36. The van der Waals surface area contributed by atoms with Gasteiger partial charge in [0.1, 0.15) is 0 Å². The maximum Gasteiger partial charge on any atom is 0.334 e. The first kappa shape index (κ1) is 19.9. The van der Waals surface area contributed by atoms with Crippen LogP contribution >= 0.6 is 11.6 Å².